The van der Waals surface area contributed by atoms with Crippen LogP contribution >= 0.6 is 23.1 Å². The van der Waals surface area contributed by atoms with Crippen molar-refractivity contribution < 1.29 is 18.6 Å². The van der Waals surface area contributed by atoms with Gasteiger partial charge in [-0.3, -0.25) is 0 Å². The third-order valence-electron chi connectivity index (χ3n) is 3.86. The molecular formula is C18H16FN3O3S2. The topological polar surface area (TPSA) is 65.5 Å². The van der Waals surface area contributed by atoms with Gasteiger partial charge in [0.05, 0.1) is 19.4 Å². The highest BCUT2D eigenvalue weighted by Gasteiger charge is 2.18. The van der Waals surface area contributed by atoms with Crippen LogP contribution in [0, 0.1) is 5.82 Å². The van der Waals surface area contributed by atoms with Gasteiger partial charge in [-0.05, 0) is 24.3 Å². The van der Waals surface area contributed by atoms with Crippen molar-refractivity contribution in [3.63, 3.8) is 0 Å². The number of ether oxygens (including phenoxy) is 3. The monoisotopic (exact) mass is 405 g/mol. The molecule has 3 aromatic rings. The molecule has 0 saturated heterocycles. The second-order valence-corrected chi connectivity index (χ2v) is 7.85. The van der Waals surface area contributed by atoms with Gasteiger partial charge in [-0.2, -0.15) is 0 Å². The molecule has 6 nitrogen and oxygen atoms in total. The van der Waals surface area contributed by atoms with Gasteiger partial charge in [0.15, 0.2) is 11.1 Å². The number of methoxy groups -OCH3 is 1. The molecule has 1 aliphatic heterocycles. The fourth-order valence-corrected chi connectivity index (χ4v) is 4.42. The summed E-state index contributed by atoms with van der Waals surface area (Å²) in [7, 11) is 1.62. The molecule has 140 valence electrons. The van der Waals surface area contributed by atoms with E-state index in [1.807, 2.05) is 24.3 Å². The van der Waals surface area contributed by atoms with Crippen LogP contribution in [0.3, 0.4) is 0 Å². The van der Waals surface area contributed by atoms with Crippen LogP contribution in [0.4, 0.5) is 15.2 Å². The van der Waals surface area contributed by atoms with Crippen LogP contribution in [0.5, 0.6) is 11.5 Å². The van der Waals surface area contributed by atoms with E-state index in [1.165, 1.54) is 35.2 Å². The zero-order chi connectivity index (χ0) is 18.6. The number of aromatic nitrogens is 2. The van der Waals surface area contributed by atoms with Crippen LogP contribution in [-0.2, 0) is 17.1 Å². The number of fused-ring (bicyclic) bond motifs is 1. The molecule has 4 rings (SSSR count). The van der Waals surface area contributed by atoms with Crippen molar-refractivity contribution in [2.45, 2.75) is 16.7 Å². The molecule has 0 bridgehead atoms. The van der Waals surface area contributed by atoms with E-state index in [2.05, 4.69) is 15.5 Å². The molecule has 1 N–H and O–H groups in total. The third-order valence-corrected chi connectivity index (χ3v) is 5.88. The van der Waals surface area contributed by atoms with Crippen molar-refractivity contribution >= 4 is 33.9 Å². The summed E-state index contributed by atoms with van der Waals surface area (Å²) in [5.41, 5.74) is 2.33. The number of benzene rings is 2. The highest BCUT2D eigenvalue weighted by Crippen LogP contribution is 2.36. The maximum Gasteiger partial charge on any atom is 0.210 e. The van der Waals surface area contributed by atoms with Gasteiger partial charge in [0.2, 0.25) is 5.13 Å². The summed E-state index contributed by atoms with van der Waals surface area (Å²) in [6.45, 7) is 0.540. The minimum Gasteiger partial charge on any atom is -0.495 e. The van der Waals surface area contributed by atoms with Gasteiger partial charge in [0.1, 0.15) is 17.3 Å². The molecule has 1 aliphatic rings. The van der Waals surface area contributed by atoms with E-state index in [0.717, 1.165) is 26.9 Å². The summed E-state index contributed by atoms with van der Waals surface area (Å²) in [5, 5.41) is 12.2. The van der Waals surface area contributed by atoms with E-state index in [0.29, 0.717) is 23.2 Å². The predicted molar refractivity (Wildman–Crippen MR) is 102 cm³/mol. The van der Waals surface area contributed by atoms with E-state index in [1.54, 1.807) is 7.11 Å². The fraction of sp³-hybridized carbons (Fsp3) is 0.222. The van der Waals surface area contributed by atoms with Gasteiger partial charge >= 0.3 is 0 Å². The smallest absolute Gasteiger partial charge is 0.210 e. The maximum atomic E-state index is 13.8. The summed E-state index contributed by atoms with van der Waals surface area (Å²) in [4.78, 5) is 0. The van der Waals surface area contributed by atoms with Crippen molar-refractivity contribution in [1.82, 2.24) is 10.2 Å². The Hall–Kier alpha value is -2.36. The number of para-hydroxylation sites is 2. The Bertz CT molecular complexity index is 951. The fourth-order valence-electron chi connectivity index (χ4n) is 2.69. The van der Waals surface area contributed by atoms with E-state index in [4.69, 9.17) is 14.2 Å². The largest absolute Gasteiger partial charge is 0.495 e. The molecule has 2 heterocycles. The van der Waals surface area contributed by atoms with Gasteiger partial charge in [-0.1, -0.05) is 35.2 Å². The number of hydrogen-bond donors (Lipinski definition) is 1. The third kappa shape index (κ3) is 4.15. The Morgan fingerprint density at radius 3 is 3.07 bits per heavy atom. The highest BCUT2D eigenvalue weighted by atomic mass is 32.2. The molecular weight excluding hydrogens is 389 g/mol. The number of anilines is 2. The van der Waals surface area contributed by atoms with Crippen LogP contribution in [0.1, 0.15) is 11.1 Å². The molecule has 0 aliphatic carbocycles. The minimum absolute atomic E-state index is 0.183. The normalized spacial score (nSPS) is 13.0. The summed E-state index contributed by atoms with van der Waals surface area (Å²) >= 11 is 2.91. The lowest BCUT2D eigenvalue weighted by Gasteiger charge is -2.20. The first-order valence-electron chi connectivity index (χ1n) is 8.11. The van der Waals surface area contributed by atoms with Gasteiger partial charge < -0.3 is 19.5 Å². The lowest BCUT2D eigenvalue weighted by Crippen LogP contribution is -2.13. The van der Waals surface area contributed by atoms with Gasteiger partial charge in [0.25, 0.3) is 0 Å². The molecule has 1 aromatic heterocycles. The van der Waals surface area contributed by atoms with Gasteiger partial charge in [-0.25, -0.2) is 4.39 Å². The Morgan fingerprint density at radius 2 is 2.19 bits per heavy atom. The molecule has 27 heavy (non-hydrogen) atoms. The summed E-state index contributed by atoms with van der Waals surface area (Å²) in [5.74, 6) is 1.66. The molecule has 9 heteroatoms. The average Bonchev–Trinajstić information content (AvgIpc) is 3.14. The first-order chi connectivity index (χ1) is 13.2. The average molecular weight is 405 g/mol. The number of thioether (sulfide) groups is 1. The molecule has 0 amide bonds. The number of rotatable bonds is 6. The summed E-state index contributed by atoms with van der Waals surface area (Å²) < 4.78 is 30.7. The molecule has 0 spiro atoms. The number of nitrogens with one attached hydrogen (secondary N) is 1. The van der Waals surface area contributed by atoms with Crippen molar-refractivity contribution in [2.24, 2.45) is 0 Å². The Balaban J connectivity index is 1.45. The highest BCUT2D eigenvalue weighted by molar-refractivity contribution is 8.00. The van der Waals surface area contributed by atoms with Crippen molar-refractivity contribution in [1.29, 1.82) is 0 Å². The van der Waals surface area contributed by atoms with Crippen molar-refractivity contribution in [2.75, 3.05) is 19.2 Å². The lowest BCUT2D eigenvalue weighted by molar-refractivity contribution is -0.0171. The molecule has 0 saturated carbocycles. The first-order valence-corrected chi connectivity index (χ1v) is 9.91. The van der Waals surface area contributed by atoms with Crippen LogP contribution in [0.15, 0.2) is 40.7 Å². The summed E-state index contributed by atoms with van der Waals surface area (Å²) in [6.07, 6.45) is 0. The lowest BCUT2D eigenvalue weighted by atomic mass is 10.1. The van der Waals surface area contributed by atoms with E-state index in [9.17, 15) is 4.39 Å². The van der Waals surface area contributed by atoms with Crippen LogP contribution in [-0.4, -0.2) is 24.1 Å². The summed E-state index contributed by atoms with van der Waals surface area (Å²) in [6, 6.07) is 10.5. The zero-order valence-corrected chi connectivity index (χ0v) is 16.0. The Kier molecular flexibility index (Phi) is 5.42. The van der Waals surface area contributed by atoms with Gasteiger partial charge in [-0.15, -0.1) is 10.2 Å². The van der Waals surface area contributed by atoms with Crippen molar-refractivity contribution in [3.8, 4) is 11.5 Å². The molecule has 2 aromatic carbocycles. The van der Waals surface area contributed by atoms with Gasteiger partial charge in [0, 0.05) is 16.9 Å². The number of hydrogen-bond acceptors (Lipinski definition) is 8. The van der Waals surface area contributed by atoms with E-state index < -0.39 is 0 Å². The molecule has 0 fully saturated rings. The van der Waals surface area contributed by atoms with Crippen molar-refractivity contribution in [3.05, 3.63) is 53.3 Å². The Labute approximate surface area is 163 Å². The quantitative estimate of drug-likeness (QED) is 0.602. The molecule has 0 unspecified atom stereocenters. The Morgan fingerprint density at radius 1 is 1.30 bits per heavy atom. The van der Waals surface area contributed by atoms with Crippen LogP contribution in [0.25, 0.3) is 0 Å². The standard InChI is InChI=1S/C18H16FN3O3S2/c1-23-15-5-3-2-4-14(15)20-17-21-22-18(27-17)26-9-12-7-13(19)6-11-8-24-10-25-16(11)12/h2-7H,8-10H2,1H3,(H,20,21). The van der Waals surface area contributed by atoms with Crippen LogP contribution in [0.2, 0.25) is 0 Å². The maximum absolute atomic E-state index is 13.8. The predicted octanol–water partition coefficient (Wildman–Crippen LogP) is 4.59. The zero-order valence-electron chi connectivity index (χ0n) is 14.4. The SMILES string of the molecule is COc1ccccc1Nc1nnc(SCc2cc(F)cc3c2OCOC3)s1. The molecule has 0 radical (unpaired) electrons. The minimum atomic E-state index is -0.297. The second kappa shape index (κ2) is 8.12. The number of halogens is 1. The number of nitrogens with zero attached hydrogens (tertiary/aromatic N) is 2. The first kappa shape index (κ1) is 18.0. The van der Waals surface area contributed by atoms with E-state index in [-0.39, 0.29) is 12.6 Å². The van der Waals surface area contributed by atoms with Crippen LogP contribution < -0.4 is 14.8 Å². The second-order valence-electron chi connectivity index (χ2n) is 5.65. The molecule has 0 atom stereocenters. The van der Waals surface area contributed by atoms with E-state index >= 15 is 0 Å².